The van der Waals surface area contributed by atoms with Gasteiger partial charge in [0.05, 0.1) is 0 Å². The molecule has 2 aliphatic heterocycles. The van der Waals surface area contributed by atoms with Crippen LogP contribution in [-0.2, 0) is 0 Å². The number of nitrogens with one attached hydrogen (secondary N) is 1. The molecular formula is C16H32N4O. The monoisotopic (exact) mass is 296 g/mol. The highest BCUT2D eigenvalue weighted by molar-refractivity contribution is 5.74. The van der Waals surface area contributed by atoms with Gasteiger partial charge in [0.2, 0.25) is 0 Å². The summed E-state index contributed by atoms with van der Waals surface area (Å²) in [5.74, 6) is 0. The van der Waals surface area contributed by atoms with Crippen LogP contribution >= 0.6 is 0 Å². The van der Waals surface area contributed by atoms with E-state index in [9.17, 15) is 4.79 Å². The van der Waals surface area contributed by atoms with Crippen molar-refractivity contribution in [3.8, 4) is 0 Å². The molecule has 0 aromatic carbocycles. The predicted molar refractivity (Wildman–Crippen MR) is 86.6 cm³/mol. The molecule has 2 fully saturated rings. The molecule has 2 heterocycles. The van der Waals surface area contributed by atoms with E-state index in [4.69, 9.17) is 0 Å². The van der Waals surface area contributed by atoms with Crippen molar-refractivity contribution >= 4 is 6.03 Å². The Morgan fingerprint density at radius 3 is 2.71 bits per heavy atom. The Kier molecular flexibility index (Phi) is 6.77. The van der Waals surface area contributed by atoms with E-state index in [2.05, 4.69) is 29.0 Å². The molecule has 122 valence electrons. The van der Waals surface area contributed by atoms with E-state index < -0.39 is 0 Å². The fourth-order valence-corrected chi connectivity index (χ4v) is 3.40. The zero-order chi connectivity index (χ0) is 15.1. The van der Waals surface area contributed by atoms with Gasteiger partial charge in [-0.15, -0.1) is 0 Å². The summed E-state index contributed by atoms with van der Waals surface area (Å²) in [4.78, 5) is 19.2. The topological polar surface area (TPSA) is 38.8 Å². The number of carbonyl (C=O) groups excluding carboxylic acids is 1. The van der Waals surface area contributed by atoms with Crippen LogP contribution in [-0.4, -0.2) is 79.1 Å². The molecule has 1 atom stereocenters. The van der Waals surface area contributed by atoms with Gasteiger partial charge in [-0.05, 0) is 45.8 Å². The molecule has 5 nitrogen and oxygen atoms in total. The van der Waals surface area contributed by atoms with E-state index in [-0.39, 0.29) is 6.03 Å². The summed E-state index contributed by atoms with van der Waals surface area (Å²) in [5, 5.41) is 3.11. The van der Waals surface area contributed by atoms with Crippen LogP contribution < -0.4 is 5.32 Å². The van der Waals surface area contributed by atoms with Crippen molar-refractivity contribution in [2.45, 2.75) is 45.6 Å². The maximum Gasteiger partial charge on any atom is 0.317 e. The maximum atomic E-state index is 12.2. The molecule has 5 heteroatoms. The summed E-state index contributed by atoms with van der Waals surface area (Å²) < 4.78 is 0. The van der Waals surface area contributed by atoms with Crippen LogP contribution in [0.15, 0.2) is 0 Å². The van der Waals surface area contributed by atoms with Crippen molar-refractivity contribution in [2.24, 2.45) is 0 Å². The van der Waals surface area contributed by atoms with Crippen LogP contribution in [0, 0.1) is 0 Å². The van der Waals surface area contributed by atoms with Crippen molar-refractivity contribution in [3.63, 3.8) is 0 Å². The smallest absolute Gasteiger partial charge is 0.317 e. The van der Waals surface area contributed by atoms with Crippen molar-refractivity contribution in [1.82, 2.24) is 20.0 Å². The first-order chi connectivity index (χ1) is 10.2. The summed E-state index contributed by atoms with van der Waals surface area (Å²) in [6.45, 7) is 12.4. The van der Waals surface area contributed by atoms with Gasteiger partial charge < -0.3 is 15.1 Å². The molecule has 0 unspecified atom stereocenters. The van der Waals surface area contributed by atoms with E-state index in [1.807, 2.05) is 4.90 Å². The second kappa shape index (κ2) is 8.59. The van der Waals surface area contributed by atoms with Gasteiger partial charge >= 0.3 is 6.03 Å². The molecule has 2 aliphatic rings. The first-order valence-electron chi connectivity index (χ1n) is 8.70. The average molecular weight is 296 g/mol. The van der Waals surface area contributed by atoms with Gasteiger partial charge in [-0.25, -0.2) is 4.79 Å². The zero-order valence-corrected chi connectivity index (χ0v) is 13.8. The lowest BCUT2D eigenvalue weighted by molar-refractivity contribution is 0.158. The summed E-state index contributed by atoms with van der Waals surface area (Å²) in [6, 6.07) is 0.796. The van der Waals surface area contributed by atoms with Crippen molar-refractivity contribution in [1.29, 1.82) is 0 Å². The second-order valence-corrected chi connectivity index (χ2v) is 6.39. The van der Waals surface area contributed by atoms with Crippen molar-refractivity contribution in [2.75, 3.05) is 52.4 Å². The molecule has 0 spiro atoms. The highest BCUT2D eigenvalue weighted by Gasteiger charge is 2.20. The standard InChI is InChI=1S/C16H32N4O/c1-3-18-9-6-11-20(14-13-18)16(21)17-8-12-19-10-5-4-7-15(19)2/h15H,3-14H2,1-2H3,(H,17,21)/t15-/m0/s1. The summed E-state index contributed by atoms with van der Waals surface area (Å²) >= 11 is 0. The van der Waals surface area contributed by atoms with Crippen LogP contribution in [0.3, 0.4) is 0 Å². The van der Waals surface area contributed by atoms with Gasteiger partial charge in [-0.2, -0.15) is 0 Å². The third-order valence-electron chi connectivity index (χ3n) is 4.94. The van der Waals surface area contributed by atoms with E-state index >= 15 is 0 Å². The van der Waals surface area contributed by atoms with Gasteiger partial charge in [0.1, 0.15) is 0 Å². The second-order valence-electron chi connectivity index (χ2n) is 6.39. The van der Waals surface area contributed by atoms with Gasteiger partial charge in [0.15, 0.2) is 0 Å². The molecule has 2 amide bonds. The lowest BCUT2D eigenvalue weighted by atomic mass is 10.0. The normalized spacial score (nSPS) is 25.6. The molecule has 0 bridgehead atoms. The number of amides is 2. The number of hydrogen-bond acceptors (Lipinski definition) is 3. The molecule has 2 rings (SSSR count). The molecule has 0 aliphatic carbocycles. The number of hydrogen-bond donors (Lipinski definition) is 1. The van der Waals surface area contributed by atoms with Crippen molar-refractivity contribution in [3.05, 3.63) is 0 Å². The Balaban J connectivity index is 1.66. The van der Waals surface area contributed by atoms with Gasteiger partial charge in [-0.1, -0.05) is 13.3 Å². The minimum atomic E-state index is 0.123. The fraction of sp³-hybridized carbons (Fsp3) is 0.938. The Morgan fingerprint density at radius 2 is 1.95 bits per heavy atom. The first-order valence-corrected chi connectivity index (χ1v) is 8.70. The van der Waals surface area contributed by atoms with Crippen molar-refractivity contribution < 1.29 is 4.79 Å². The van der Waals surface area contributed by atoms with E-state index in [0.29, 0.717) is 6.04 Å². The zero-order valence-electron chi connectivity index (χ0n) is 13.8. The Bertz CT molecular complexity index is 323. The SMILES string of the molecule is CCN1CCCN(C(=O)NCCN2CCCC[C@@H]2C)CC1. The highest BCUT2D eigenvalue weighted by atomic mass is 16.2. The summed E-state index contributed by atoms with van der Waals surface area (Å²) in [5.41, 5.74) is 0. The third-order valence-corrected chi connectivity index (χ3v) is 4.94. The first kappa shape index (κ1) is 16.6. The van der Waals surface area contributed by atoms with Gasteiger partial charge in [0, 0.05) is 38.8 Å². The Morgan fingerprint density at radius 1 is 1.10 bits per heavy atom. The molecule has 0 aromatic heterocycles. The predicted octanol–water partition coefficient (Wildman–Crippen LogP) is 1.60. The lowest BCUT2D eigenvalue weighted by Gasteiger charge is -2.33. The maximum absolute atomic E-state index is 12.2. The number of likely N-dealkylation sites (N-methyl/N-ethyl adjacent to an activating group) is 1. The number of nitrogens with zero attached hydrogens (tertiary/aromatic N) is 3. The van der Waals surface area contributed by atoms with Crippen LogP contribution in [0.4, 0.5) is 4.79 Å². The molecule has 0 radical (unpaired) electrons. The summed E-state index contributed by atoms with van der Waals surface area (Å²) in [7, 11) is 0. The minimum absolute atomic E-state index is 0.123. The van der Waals surface area contributed by atoms with E-state index in [0.717, 1.165) is 52.2 Å². The molecule has 0 saturated carbocycles. The summed E-state index contributed by atoms with van der Waals surface area (Å²) in [6.07, 6.45) is 5.04. The molecule has 2 saturated heterocycles. The average Bonchev–Trinajstić information content (AvgIpc) is 2.74. The highest BCUT2D eigenvalue weighted by Crippen LogP contribution is 2.15. The molecular weight excluding hydrogens is 264 g/mol. The van der Waals surface area contributed by atoms with Crippen LogP contribution in [0.25, 0.3) is 0 Å². The minimum Gasteiger partial charge on any atom is -0.337 e. The largest absolute Gasteiger partial charge is 0.337 e. The molecule has 0 aromatic rings. The number of piperidine rings is 1. The van der Waals surface area contributed by atoms with Crippen LogP contribution in [0.2, 0.25) is 0 Å². The van der Waals surface area contributed by atoms with Crippen LogP contribution in [0.5, 0.6) is 0 Å². The number of carbonyl (C=O) groups is 1. The van der Waals surface area contributed by atoms with Gasteiger partial charge in [0.25, 0.3) is 0 Å². The van der Waals surface area contributed by atoms with E-state index in [1.54, 1.807) is 0 Å². The Hall–Kier alpha value is -0.810. The van der Waals surface area contributed by atoms with E-state index in [1.165, 1.54) is 25.8 Å². The number of rotatable bonds is 4. The van der Waals surface area contributed by atoms with Crippen LogP contribution in [0.1, 0.15) is 39.5 Å². The Labute approximate surface area is 129 Å². The lowest BCUT2D eigenvalue weighted by Crippen LogP contribution is -2.46. The molecule has 21 heavy (non-hydrogen) atoms. The van der Waals surface area contributed by atoms with Gasteiger partial charge in [-0.3, -0.25) is 4.90 Å². The number of urea groups is 1. The quantitative estimate of drug-likeness (QED) is 0.856. The fourth-order valence-electron chi connectivity index (χ4n) is 3.40. The molecule has 1 N–H and O–H groups in total. The third kappa shape index (κ3) is 5.15. The number of likely N-dealkylation sites (tertiary alicyclic amines) is 1.